The van der Waals surface area contributed by atoms with Crippen molar-refractivity contribution in [2.75, 3.05) is 47.5 Å². The molecule has 1 N–H and O–H groups in total. The van der Waals surface area contributed by atoms with Crippen LogP contribution < -0.4 is 19.5 Å². The molecular weight excluding hydrogens is 378 g/mol. The number of benzene rings is 1. The molecule has 2 rings (SSSR count). The lowest BCUT2D eigenvalue weighted by molar-refractivity contribution is -0.139. The maximum absolute atomic E-state index is 12.3. The number of rotatable bonds is 8. The Labute approximate surface area is 170 Å². The highest BCUT2D eigenvalue weighted by atomic mass is 16.5. The highest BCUT2D eigenvalue weighted by Gasteiger charge is 2.22. The zero-order valence-corrected chi connectivity index (χ0v) is 17.4. The van der Waals surface area contributed by atoms with E-state index in [9.17, 15) is 14.4 Å². The van der Waals surface area contributed by atoms with Gasteiger partial charge in [-0.05, 0) is 6.07 Å². The quantitative estimate of drug-likeness (QED) is 0.685. The molecule has 0 aromatic heterocycles. The molecule has 3 amide bonds. The van der Waals surface area contributed by atoms with Crippen molar-refractivity contribution in [1.82, 2.24) is 15.1 Å². The SMILES string of the molecule is COc1cc(OC)c(OC)cc1CNC(=O)CCC(=O)N1CCN(C(C)=O)CC1. The number of hydrogen-bond donors (Lipinski definition) is 1. The fraction of sp³-hybridized carbons (Fsp3) is 0.550. The van der Waals surface area contributed by atoms with Crippen LogP contribution in [-0.2, 0) is 20.9 Å². The van der Waals surface area contributed by atoms with Gasteiger partial charge in [-0.1, -0.05) is 0 Å². The van der Waals surface area contributed by atoms with Crippen LogP contribution in [0.25, 0.3) is 0 Å². The molecule has 160 valence electrons. The van der Waals surface area contributed by atoms with Crippen molar-refractivity contribution in [3.8, 4) is 17.2 Å². The molecule has 1 saturated heterocycles. The van der Waals surface area contributed by atoms with E-state index in [0.717, 1.165) is 5.56 Å². The van der Waals surface area contributed by atoms with Crippen molar-refractivity contribution >= 4 is 17.7 Å². The highest BCUT2D eigenvalue weighted by Crippen LogP contribution is 2.34. The molecular formula is C20H29N3O6. The average molecular weight is 407 g/mol. The molecule has 0 bridgehead atoms. The van der Waals surface area contributed by atoms with Crippen LogP contribution >= 0.6 is 0 Å². The van der Waals surface area contributed by atoms with Gasteiger partial charge >= 0.3 is 0 Å². The van der Waals surface area contributed by atoms with Gasteiger partial charge in [-0.3, -0.25) is 14.4 Å². The second-order valence-corrected chi connectivity index (χ2v) is 6.68. The molecule has 0 atom stereocenters. The maximum atomic E-state index is 12.3. The minimum Gasteiger partial charge on any atom is -0.496 e. The molecule has 0 spiro atoms. The van der Waals surface area contributed by atoms with E-state index in [1.165, 1.54) is 28.3 Å². The van der Waals surface area contributed by atoms with E-state index in [-0.39, 0.29) is 37.1 Å². The number of methoxy groups -OCH3 is 3. The van der Waals surface area contributed by atoms with Crippen molar-refractivity contribution < 1.29 is 28.6 Å². The van der Waals surface area contributed by atoms with Gasteiger partial charge < -0.3 is 29.3 Å². The standard InChI is InChI=1S/C20H29N3O6/c1-14(24)22-7-9-23(10-8-22)20(26)6-5-19(25)21-13-15-11-17(28-3)18(29-4)12-16(15)27-2/h11-12H,5-10,13H2,1-4H3,(H,21,25). The van der Waals surface area contributed by atoms with E-state index >= 15 is 0 Å². The Kier molecular flexibility index (Phi) is 8.11. The maximum Gasteiger partial charge on any atom is 0.223 e. The number of piperazine rings is 1. The van der Waals surface area contributed by atoms with E-state index in [1.54, 1.807) is 21.9 Å². The van der Waals surface area contributed by atoms with Crippen molar-refractivity contribution in [1.29, 1.82) is 0 Å². The number of amides is 3. The average Bonchev–Trinajstić information content (AvgIpc) is 2.75. The summed E-state index contributed by atoms with van der Waals surface area (Å²) in [5.74, 6) is 1.36. The Morgan fingerprint density at radius 3 is 1.97 bits per heavy atom. The van der Waals surface area contributed by atoms with E-state index in [0.29, 0.717) is 43.4 Å². The predicted octanol–water partition coefficient (Wildman–Crippen LogP) is 0.800. The molecule has 9 nitrogen and oxygen atoms in total. The smallest absolute Gasteiger partial charge is 0.223 e. The van der Waals surface area contributed by atoms with Gasteiger partial charge in [0.25, 0.3) is 0 Å². The van der Waals surface area contributed by atoms with Crippen LogP contribution in [-0.4, -0.2) is 75.0 Å². The molecule has 0 saturated carbocycles. The molecule has 1 fully saturated rings. The molecule has 29 heavy (non-hydrogen) atoms. The van der Waals surface area contributed by atoms with E-state index in [2.05, 4.69) is 5.32 Å². The number of ether oxygens (including phenoxy) is 3. The Hall–Kier alpha value is -2.97. The molecule has 0 aliphatic carbocycles. The Morgan fingerprint density at radius 2 is 1.41 bits per heavy atom. The monoisotopic (exact) mass is 407 g/mol. The fourth-order valence-corrected chi connectivity index (χ4v) is 3.16. The molecule has 1 heterocycles. The predicted molar refractivity (Wildman–Crippen MR) is 106 cm³/mol. The fourth-order valence-electron chi connectivity index (χ4n) is 3.16. The Bertz CT molecular complexity index is 744. The molecule has 1 aliphatic heterocycles. The summed E-state index contributed by atoms with van der Waals surface area (Å²) in [6.07, 6.45) is 0.232. The first-order chi connectivity index (χ1) is 13.9. The van der Waals surface area contributed by atoms with Crippen molar-refractivity contribution in [3.63, 3.8) is 0 Å². The summed E-state index contributed by atoms with van der Waals surface area (Å²) in [5.41, 5.74) is 0.741. The summed E-state index contributed by atoms with van der Waals surface area (Å²) in [5, 5.41) is 2.80. The van der Waals surface area contributed by atoms with E-state index in [1.807, 2.05) is 0 Å². The summed E-state index contributed by atoms with van der Waals surface area (Å²) in [7, 11) is 4.61. The van der Waals surface area contributed by atoms with Gasteiger partial charge in [-0.25, -0.2) is 0 Å². The lowest BCUT2D eigenvalue weighted by Crippen LogP contribution is -2.50. The summed E-state index contributed by atoms with van der Waals surface area (Å²) < 4.78 is 15.9. The van der Waals surface area contributed by atoms with Gasteiger partial charge in [-0.2, -0.15) is 0 Å². The molecule has 0 unspecified atom stereocenters. The van der Waals surface area contributed by atoms with Gasteiger partial charge in [0.05, 0.1) is 21.3 Å². The van der Waals surface area contributed by atoms with Crippen molar-refractivity contribution in [2.45, 2.75) is 26.3 Å². The van der Waals surface area contributed by atoms with E-state index < -0.39 is 0 Å². The first-order valence-corrected chi connectivity index (χ1v) is 9.48. The second-order valence-electron chi connectivity index (χ2n) is 6.68. The second kappa shape index (κ2) is 10.5. The number of nitrogens with zero attached hydrogens (tertiary/aromatic N) is 2. The molecule has 1 aromatic carbocycles. The molecule has 1 aliphatic rings. The summed E-state index contributed by atoms with van der Waals surface area (Å²) >= 11 is 0. The van der Waals surface area contributed by atoms with Crippen LogP contribution in [0.15, 0.2) is 12.1 Å². The third kappa shape index (κ3) is 6.00. The first-order valence-electron chi connectivity index (χ1n) is 9.48. The first kappa shape index (κ1) is 22.3. The van der Waals surface area contributed by atoms with Crippen LogP contribution in [0.3, 0.4) is 0 Å². The third-order valence-electron chi connectivity index (χ3n) is 4.91. The van der Waals surface area contributed by atoms with Crippen LogP contribution in [0, 0.1) is 0 Å². The van der Waals surface area contributed by atoms with E-state index in [4.69, 9.17) is 14.2 Å². The van der Waals surface area contributed by atoms with Gasteiger partial charge in [-0.15, -0.1) is 0 Å². The normalized spacial score (nSPS) is 13.7. The lowest BCUT2D eigenvalue weighted by atomic mass is 10.1. The van der Waals surface area contributed by atoms with Gasteiger partial charge in [0, 0.05) is 64.1 Å². The Morgan fingerprint density at radius 1 is 0.862 bits per heavy atom. The zero-order valence-electron chi connectivity index (χ0n) is 17.4. The summed E-state index contributed by atoms with van der Waals surface area (Å²) in [6.45, 7) is 3.84. The van der Waals surface area contributed by atoms with Gasteiger partial charge in [0.2, 0.25) is 17.7 Å². The third-order valence-corrected chi connectivity index (χ3v) is 4.91. The minimum atomic E-state index is -0.224. The zero-order chi connectivity index (χ0) is 21.4. The van der Waals surface area contributed by atoms with Gasteiger partial charge in [0.15, 0.2) is 11.5 Å². The molecule has 0 radical (unpaired) electrons. The van der Waals surface area contributed by atoms with Crippen LogP contribution in [0.2, 0.25) is 0 Å². The number of carbonyl (C=O) groups excluding carboxylic acids is 3. The Balaban J connectivity index is 1.83. The number of hydrogen-bond acceptors (Lipinski definition) is 6. The lowest BCUT2D eigenvalue weighted by Gasteiger charge is -2.34. The van der Waals surface area contributed by atoms with Crippen LogP contribution in [0.5, 0.6) is 17.2 Å². The van der Waals surface area contributed by atoms with Crippen LogP contribution in [0.1, 0.15) is 25.3 Å². The number of nitrogens with one attached hydrogen (secondary N) is 1. The minimum absolute atomic E-state index is 0.0158. The van der Waals surface area contributed by atoms with Crippen molar-refractivity contribution in [3.05, 3.63) is 17.7 Å². The summed E-state index contributed by atoms with van der Waals surface area (Å²) in [4.78, 5) is 39.3. The van der Waals surface area contributed by atoms with Crippen molar-refractivity contribution in [2.24, 2.45) is 0 Å². The largest absolute Gasteiger partial charge is 0.496 e. The highest BCUT2D eigenvalue weighted by molar-refractivity contribution is 5.84. The van der Waals surface area contributed by atoms with Gasteiger partial charge in [0.1, 0.15) is 5.75 Å². The van der Waals surface area contributed by atoms with Crippen LogP contribution in [0.4, 0.5) is 0 Å². The summed E-state index contributed by atoms with van der Waals surface area (Å²) in [6, 6.07) is 3.45. The topological polar surface area (TPSA) is 97.4 Å². The molecule has 1 aromatic rings. The number of carbonyl (C=O) groups is 3. The molecule has 9 heteroatoms.